The highest BCUT2D eigenvalue weighted by atomic mass is 16.2. The van der Waals surface area contributed by atoms with Gasteiger partial charge in [0.25, 0.3) is 17.7 Å². The van der Waals surface area contributed by atoms with Crippen LogP contribution in [0, 0.1) is 0 Å². The molecule has 0 aliphatic heterocycles. The fourth-order valence-electron chi connectivity index (χ4n) is 3.73. The third kappa shape index (κ3) is 5.98. The third-order valence-electron chi connectivity index (χ3n) is 5.67. The van der Waals surface area contributed by atoms with Crippen molar-refractivity contribution >= 4 is 34.4 Å². The standard InChI is InChI=1S/C28H24N4O4/c29-26(34)25(33)24(14-18-6-2-1-3-7-18)32-28(36)20-12-10-19(11-13-20)16-31-27(35)22-15-21-8-4-5-9-23(21)30-17-22/h1-13,15,17,24H,14,16H2,(H2,29,34)(H,31,35)(H,32,36)/t24-/m0/s1. The number of amides is 3. The number of pyridine rings is 1. The normalized spacial score (nSPS) is 11.4. The molecule has 4 rings (SSSR count). The van der Waals surface area contributed by atoms with Gasteiger partial charge in [-0.2, -0.15) is 0 Å². The second-order valence-electron chi connectivity index (χ2n) is 8.24. The zero-order valence-electron chi connectivity index (χ0n) is 19.3. The maximum Gasteiger partial charge on any atom is 0.287 e. The van der Waals surface area contributed by atoms with Gasteiger partial charge in [-0.05, 0) is 35.4 Å². The largest absolute Gasteiger partial charge is 0.363 e. The molecule has 0 radical (unpaired) electrons. The first-order chi connectivity index (χ1) is 17.4. The van der Waals surface area contributed by atoms with E-state index in [9.17, 15) is 19.2 Å². The van der Waals surface area contributed by atoms with Gasteiger partial charge in [0.2, 0.25) is 5.78 Å². The smallest absolute Gasteiger partial charge is 0.287 e. The summed E-state index contributed by atoms with van der Waals surface area (Å²) in [6.45, 7) is 0.254. The molecule has 1 aromatic heterocycles. The van der Waals surface area contributed by atoms with Crippen LogP contribution in [0.4, 0.5) is 0 Å². The monoisotopic (exact) mass is 480 g/mol. The Morgan fingerprint density at radius 3 is 2.19 bits per heavy atom. The van der Waals surface area contributed by atoms with Crippen molar-refractivity contribution in [3.63, 3.8) is 0 Å². The van der Waals surface area contributed by atoms with Crippen molar-refractivity contribution in [2.45, 2.75) is 19.0 Å². The minimum absolute atomic E-state index is 0.141. The number of Topliss-reactive ketones (excluding diaryl/α,β-unsaturated/α-hetero) is 1. The number of primary amides is 1. The lowest BCUT2D eigenvalue weighted by Crippen LogP contribution is -2.47. The third-order valence-corrected chi connectivity index (χ3v) is 5.67. The fraction of sp³-hybridized carbons (Fsp3) is 0.107. The summed E-state index contributed by atoms with van der Waals surface area (Å²) in [5.74, 6) is -2.74. The summed E-state index contributed by atoms with van der Waals surface area (Å²) in [6, 6.07) is 23.9. The number of nitrogens with one attached hydrogen (secondary N) is 2. The highest BCUT2D eigenvalue weighted by Gasteiger charge is 2.25. The van der Waals surface area contributed by atoms with Gasteiger partial charge in [-0.25, -0.2) is 0 Å². The number of para-hydroxylation sites is 1. The van der Waals surface area contributed by atoms with Crippen LogP contribution in [0.1, 0.15) is 31.8 Å². The highest BCUT2D eigenvalue weighted by molar-refractivity contribution is 6.38. The van der Waals surface area contributed by atoms with Gasteiger partial charge in [-0.1, -0.05) is 60.7 Å². The van der Waals surface area contributed by atoms with E-state index in [0.29, 0.717) is 11.1 Å². The average Bonchev–Trinajstić information content (AvgIpc) is 2.91. The summed E-state index contributed by atoms with van der Waals surface area (Å²) in [6.07, 6.45) is 1.67. The summed E-state index contributed by atoms with van der Waals surface area (Å²) in [5, 5.41) is 6.32. The molecule has 4 aromatic rings. The number of benzene rings is 3. The van der Waals surface area contributed by atoms with Gasteiger partial charge < -0.3 is 16.4 Å². The molecule has 8 heteroatoms. The van der Waals surface area contributed by atoms with Gasteiger partial charge in [0.1, 0.15) is 6.04 Å². The molecule has 0 aliphatic carbocycles. The zero-order valence-corrected chi connectivity index (χ0v) is 19.3. The topological polar surface area (TPSA) is 131 Å². The molecule has 0 spiro atoms. The van der Waals surface area contributed by atoms with Crippen LogP contribution >= 0.6 is 0 Å². The van der Waals surface area contributed by atoms with E-state index in [1.165, 1.54) is 6.20 Å². The van der Waals surface area contributed by atoms with Crippen molar-refractivity contribution in [2.24, 2.45) is 5.73 Å². The molecule has 180 valence electrons. The number of aromatic nitrogens is 1. The number of hydrogen-bond acceptors (Lipinski definition) is 5. The summed E-state index contributed by atoms with van der Waals surface area (Å²) in [7, 11) is 0. The highest BCUT2D eigenvalue weighted by Crippen LogP contribution is 2.13. The minimum Gasteiger partial charge on any atom is -0.363 e. The number of rotatable bonds is 9. The van der Waals surface area contributed by atoms with Crippen LogP contribution in [0.2, 0.25) is 0 Å². The molecule has 1 heterocycles. The second-order valence-corrected chi connectivity index (χ2v) is 8.24. The summed E-state index contributed by atoms with van der Waals surface area (Å²) in [5.41, 5.74) is 8.30. The SMILES string of the molecule is NC(=O)C(=O)[C@H](Cc1ccccc1)NC(=O)c1ccc(CNC(=O)c2cnc3ccccc3c2)cc1. The van der Waals surface area contributed by atoms with E-state index < -0.39 is 23.6 Å². The molecule has 0 saturated heterocycles. The van der Waals surface area contributed by atoms with E-state index in [1.54, 1.807) is 54.6 Å². The quantitative estimate of drug-likeness (QED) is 0.317. The van der Waals surface area contributed by atoms with Crippen LogP contribution in [0.3, 0.4) is 0 Å². The Morgan fingerprint density at radius 2 is 1.47 bits per heavy atom. The summed E-state index contributed by atoms with van der Waals surface area (Å²) < 4.78 is 0. The Morgan fingerprint density at radius 1 is 0.778 bits per heavy atom. The summed E-state index contributed by atoms with van der Waals surface area (Å²) in [4.78, 5) is 53.3. The number of fused-ring (bicyclic) bond motifs is 1. The van der Waals surface area contributed by atoms with Crippen molar-refractivity contribution in [3.8, 4) is 0 Å². The molecule has 8 nitrogen and oxygen atoms in total. The maximum absolute atomic E-state index is 12.7. The number of nitrogens with zero attached hydrogens (tertiary/aromatic N) is 1. The van der Waals surface area contributed by atoms with Crippen LogP contribution in [0.5, 0.6) is 0 Å². The minimum atomic E-state index is -1.11. The molecule has 0 aliphatic rings. The Hall–Kier alpha value is -4.85. The first-order valence-corrected chi connectivity index (χ1v) is 11.3. The van der Waals surface area contributed by atoms with E-state index in [4.69, 9.17) is 5.73 Å². The molecule has 3 amide bonds. The summed E-state index contributed by atoms with van der Waals surface area (Å²) >= 11 is 0. The van der Waals surface area contributed by atoms with E-state index in [-0.39, 0.29) is 18.9 Å². The molecule has 36 heavy (non-hydrogen) atoms. The second kappa shape index (κ2) is 11.1. The van der Waals surface area contributed by atoms with Gasteiger partial charge in [-0.15, -0.1) is 0 Å². The molecule has 0 bridgehead atoms. The van der Waals surface area contributed by atoms with E-state index in [1.807, 2.05) is 30.3 Å². The lowest BCUT2D eigenvalue weighted by Gasteiger charge is -2.16. The molecule has 3 aromatic carbocycles. The van der Waals surface area contributed by atoms with Crippen LogP contribution in [0.15, 0.2) is 91.1 Å². The average molecular weight is 481 g/mol. The Kier molecular flexibility index (Phi) is 7.45. The lowest BCUT2D eigenvalue weighted by atomic mass is 10.0. The molecule has 0 saturated carbocycles. The predicted molar refractivity (Wildman–Crippen MR) is 135 cm³/mol. The maximum atomic E-state index is 12.7. The van der Waals surface area contributed by atoms with E-state index >= 15 is 0 Å². The first kappa shape index (κ1) is 24.3. The number of hydrogen-bond donors (Lipinski definition) is 3. The van der Waals surface area contributed by atoms with Gasteiger partial charge in [0, 0.05) is 30.1 Å². The van der Waals surface area contributed by atoms with Crippen molar-refractivity contribution in [1.82, 2.24) is 15.6 Å². The first-order valence-electron chi connectivity index (χ1n) is 11.3. The van der Waals surface area contributed by atoms with Gasteiger partial charge in [-0.3, -0.25) is 24.2 Å². The molecule has 4 N–H and O–H groups in total. The van der Waals surface area contributed by atoms with Crippen LogP contribution in [-0.4, -0.2) is 34.5 Å². The van der Waals surface area contributed by atoms with Crippen molar-refractivity contribution in [2.75, 3.05) is 0 Å². The van der Waals surface area contributed by atoms with Crippen molar-refractivity contribution in [3.05, 3.63) is 113 Å². The molecular weight excluding hydrogens is 456 g/mol. The number of carbonyl (C=O) groups is 4. The zero-order chi connectivity index (χ0) is 25.5. The van der Waals surface area contributed by atoms with Crippen LogP contribution in [0.25, 0.3) is 10.9 Å². The van der Waals surface area contributed by atoms with Crippen molar-refractivity contribution < 1.29 is 19.2 Å². The lowest BCUT2D eigenvalue weighted by molar-refractivity contribution is -0.137. The molecular formula is C28H24N4O4. The predicted octanol–water partition coefficient (Wildman–Crippen LogP) is 2.56. The van der Waals surface area contributed by atoms with Crippen LogP contribution in [-0.2, 0) is 22.6 Å². The Labute approximate surface area is 207 Å². The number of nitrogens with two attached hydrogens (primary N) is 1. The van der Waals surface area contributed by atoms with E-state index in [2.05, 4.69) is 15.6 Å². The van der Waals surface area contributed by atoms with Gasteiger partial charge >= 0.3 is 0 Å². The Bertz CT molecular complexity index is 1420. The molecule has 0 unspecified atom stereocenters. The Balaban J connectivity index is 1.37. The fourth-order valence-corrected chi connectivity index (χ4v) is 3.73. The van der Waals surface area contributed by atoms with E-state index in [0.717, 1.165) is 22.0 Å². The number of ketones is 1. The van der Waals surface area contributed by atoms with Crippen molar-refractivity contribution in [1.29, 1.82) is 0 Å². The van der Waals surface area contributed by atoms with Crippen LogP contribution < -0.4 is 16.4 Å². The van der Waals surface area contributed by atoms with Gasteiger partial charge in [0.05, 0.1) is 11.1 Å². The molecule has 1 atom stereocenters. The molecule has 0 fully saturated rings. The number of carbonyl (C=O) groups excluding carboxylic acids is 4. The van der Waals surface area contributed by atoms with Gasteiger partial charge in [0.15, 0.2) is 0 Å².